The molecule has 0 fully saturated rings. The lowest BCUT2D eigenvalue weighted by Gasteiger charge is -2.22. The first-order chi connectivity index (χ1) is 6.97. The molecule has 1 aromatic rings. The number of nitrogens with zero attached hydrogens (tertiary/aromatic N) is 1. The molecule has 84 valence electrons. The highest BCUT2D eigenvalue weighted by Gasteiger charge is 2.13. The first-order valence-electron chi connectivity index (χ1n) is 5.27. The molecular formula is C12H20N2O. The Bertz CT molecular complexity index is 279. The molecule has 15 heavy (non-hydrogen) atoms. The van der Waals surface area contributed by atoms with E-state index in [2.05, 4.69) is 4.98 Å². The molecule has 0 amide bonds. The van der Waals surface area contributed by atoms with Crippen LogP contribution in [0.3, 0.4) is 0 Å². The summed E-state index contributed by atoms with van der Waals surface area (Å²) in [4.78, 5) is 4.23. The summed E-state index contributed by atoms with van der Waals surface area (Å²) in [7, 11) is 0. The molecule has 0 bridgehead atoms. The first-order valence-corrected chi connectivity index (χ1v) is 5.27. The van der Waals surface area contributed by atoms with E-state index in [9.17, 15) is 0 Å². The van der Waals surface area contributed by atoms with E-state index < -0.39 is 0 Å². The van der Waals surface area contributed by atoms with Crippen molar-refractivity contribution >= 4 is 0 Å². The van der Waals surface area contributed by atoms with Crippen LogP contribution in [-0.2, 0) is 11.2 Å². The molecule has 0 spiro atoms. The summed E-state index contributed by atoms with van der Waals surface area (Å²) < 4.78 is 5.61. The van der Waals surface area contributed by atoms with Gasteiger partial charge in [-0.05, 0) is 32.9 Å². The summed E-state index contributed by atoms with van der Waals surface area (Å²) in [6, 6.07) is 5.87. The molecule has 3 nitrogen and oxygen atoms in total. The quantitative estimate of drug-likeness (QED) is 0.820. The topological polar surface area (TPSA) is 48.1 Å². The van der Waals surface area contributed by atoms with Crippen molar-refractivity contribution in [2.75, 3.05) is 6.61 Å². The van der Waals surface area contributed by atoms with Gasteiger partial charge in [0.1, 0.15) is 0 Å². The second-order valence-electron chi connectivity index (χ2n) is 4.71. The maximum Gasteiger partial charge on any atom is 0.0628 e. The minimum atomic E-state index is -0.123. The number of nitrogens with two attached hydrogens (primary N) is 1. The Balaban J connectivity index is 2.34. The molecular weight excluding hydrogens is 188 g/mol. The molecule has 1 atom stereocenters. The van der Waals surface area contributed by atoms with Crippen LogP contribution in [0.4, 0.5) is 0 Å². The Hall–Kier alpha value is -0.930. The van der Waals surface area contributed by atoms with Crippen molar-refractivity contribution in [2.24, 2.45) is 5.73 Å². The van der Waals surface area contributed by atoms with E-state index in [0.29, 0.717) is 6.61 Å². The minimum absolute atomic E-state index is 0.0131. The fraction of sp³-hybridized carbons (Fsp3) is 0.583. The lowest BCUT2D eigenvalue weighted by atomic mass is 10.1. The molecule has 0 aliphatic rings. The van der Waals surface area contributed by atoms with Crippen molar-refractivity contribution in [2.45, 2.75) is 38.8 Å². The van der Waals surface area contributed by atoms with Crippen molar-refractivity contribution < 1.29 is 4.74 Å². The van der Waals surface area contributed by atoms with E-state index in [1.165, 1.54) is 0 Å². The highest BCUT2D eigenvalue weighted by Crippen LogP contribution is 2.07. The zero-order chi connectivity index (χ0) is 11.3. The van der Waals surface area contributed by atoms with E-state index in [1.54, 1.807) is 6.20 Å². The van der Waals surface area contributed by atoms with Crippen LogP contribution in [0.5, 0.6) is 0 Å². The molecule has 2 N–H and O–H groups in total. The van der Waals surface area contributed by atoms with Crippen LogP contribution >= 0.6 is 0 Å². The summed E-state index contributed by atoms with van der Waals surface area (Å²) in [5.74, 6) is 0. The van der Waals surface area contributed by atoms with Crippen LogP contribution in [0.2, 0.25) is 0 Å². The average Bonchev–Trinajstić information content (AvgIpc) is 2.15. The Kier molecular flexibility index (Phi) is 4.24. The Morgan fingerprint density at radius 3 is 2.67 bits per heavy atom. The van der Waals surface area contributed by atoms with Gasteiger partial charge in [0.15, 0.2) is 0 Å². The van der Waals surface area contributed by atoms with Gasteiger partial charge in [0.05, 0.1) is 12.2 Å². The van der Waals surface area contributed by atoms with E-state index >= 15 is 0 Å². The largest absolute Gasteiger partial charge is 0.374 e. The van der Waals surface area contributed by atoms with Crippen molar-refractivity contribution in [3.8, 4) is 0 Å². The zero-order valence-corrected chi connectivity index (χ0v) is 9.73. The molecule has 0 aromatic carbocycles. The van der Waals surface area contributed by atoms with Crippen molar-refractivity contribution in [3.63, 3.8) is 0 Å². The first kappa shape index (κ1) is 12.1. The monoisotopic (exact) mass is 208 g/mol. The molecule has 0 aliphatic heterocycles. The minimum Gasteiger partial charge on any atom is -0.374 e. The third-order valence-corrected chi connectivity index (χ3v) is 1.93. The number of rotatable bonds is 4. The second-order valence-corrected chi connectivity index (χ2v) is 4.71. The van der Waals surface area contributed by atoms with Crippen LogP contribution < -0.4 is 5.73 Å². The van der Waals surface area contributed by atoms with E-state index in [0.717, 1.165) is 12.1 Å². The molecule has 1 unspecified atom stereocenters. The predicted molar refractivity (Wildman–Crippen MR) is 61.6 cm³/mol. The summed E-state index contributed by atoms with van der Waals surface area (Å²) in [6.07, 6.45) is 2.55. The van der Waals surface area contributed by atoms with E-state index in [4.69, 9.17) is 10.5 Å². The number of hydrogen-bond donors (Lipinski definition) is 1. The van der Waals surface area contributed by atoms with Gasteiger partial charge in [-0.25, -0.2) is 0 Å². The normalized spacial score (nSPS) is 13.9. The fourth-order valence-corrected chi connectivity index (χ4v) is 1.20. The van der Waals surface area contributed by atoms with Gasteiger partial charge < -0.3 is 10.5 Å². The molecule has 0 saturated carbocycles. The second kappa shape index (κ2) is 5.24. The van der Waals surface area contributed by atoms with Gasteiger partial charge in [-0.15, -0.1) is 0 Å². The lowest BCUT2D eigenvalue weighted by Crippen LogP contribution is -2.33. The summed E-state index contributed by atoms with van der Waals surface area (Å²) in [5, 5.41) is 0. The molecule has 1 heterocycles. The van der Waals surface area contributed by atoms with Gasteiger partial charge in [0.2, 0.25) is 0 Å². The van der Waals surface area contributed by atoms with Crippen LogP contribution in [0.15, 0.2) is 24.4 Å². The van der Waals surface area contributed by atoms with E-state index in [1.807, 2.05) is 39.0 Å². The lowest BCUT2D eigenvalue weighted by molar-refractivity contribution is -0.00992. The third kappa shape index (κ3) is 5.50. The Labute approximate surface area is 91.7 Å². The fourth-order valence-electron chi connectivity index (χ4n) is 1.20. The summed E-state index contributed by atoms with van der Waals surface area (Å²) in [5.41, 5.74) is 6.84. The highest BCUT2D eigenvalue weighted by atomic mass is 16.5. The van der Waals surface area contributed by atoms with Crippen LogP contribution in [0.1, 0.15) is 26.5 Å². The summed E-state index contributed by atoms with van der Waals surface area (Å²) in [6.45, 7) is 6.65. The maximum atomic E-state index is 5.95. The van der Waals surface area contributed by atoms with Gasteiger partial charge in [-0.2, -0.15) is 0 Å². The third-order valence-electron chi connectivity index (χ3n) is 1.93. The molecule has 0 aliphatic carbocycles. The highest BCUT2D eigenvalue weighted by molar-refractivity contribution is 5.04. The number of hydrogen-bond acceptors (Lipinski definition) is 3. The number of ether oxygens (including phenoxy) is 1. The Morgan fingerprint density at radius 1 is 1.40 bits per heavy atom. The van der Waals surface area contributed by atoms with Gasteiger partial charge in [0.25, 0.3) is 0 Å². The molecule has 0 radical (unpaired) electrons. The van der Waals surface area contributed by atoms with Crippen molar-refractivity contribution in [1.29, 1.82) is 0 Å². The Morgan fingerprint density at radius 2 is 2.13 bits per heavy atom. The van der Waals surface area contributed by atoms with Crippen LogP contribution in [-0.4, -0.2) is 23.2 Å². The molecule has 1 aromatic heterocycles. The SMILES string of the molecule is CC(C)(C)OCC(N)Cc1ccccn1. The smallest absolute Gasteiger partial charge is 0.0628 e. The molecule has 3 heteroatoms. The van der Waals surface area contributed by atoms with Gasteiger partial charge in [-0.3, -0.25) is 4.98 Å². The van der Waals surface area contributed by atoms with Crippen molar-refractivity contribution in [1.82, 2.24) is 4.98 Å². The molecule has 1 rings (SSSR count). The van der Waals surface area contributed by atoms with Gasteiger partial charge >= 0.3 is 0 Å². The van der Waals surface area contributed by atoms with Crippen LogP contribution in [0, 0.1) is 0 Å². The predicted octanol–water partition coefficient (Wildman–Crippen LogP) is 1.77. The van der Waals surface area contributed by atoms with Gasteiger partial charge in [-0.1, -0.05) is 6.07 Å². The van der Waals surface area contributed by atoms with Crippen molar-refractivity contribution in [3.05, 3.63) is 30.1 Å². The van der Waals surface area contributed by atoms with E-state index in [-0.39, 0.29) is 11.6 Å². The molecule has 0 saturated heterocycles. The zero-order valence-electron chi connectivity index (χ0n) is 9.73. The number of aromatic nitrogens is 1. The average molecular weight is 208 g/mol. The number of pyridine rings is 1. The van der Waals surface area contributed by atoms with Gasteiger partial charge in [0, 0.05) is 24.4 Å². The standard InChI is InChI=1S/C12H20N2O/c1-12(2,3)15-9-10(13)8-11-6-4-5-7-14-11/h4-7,10H,8-9,13H2,1-3H3. The van der Waals surface area contributed by atoms with Crippen LogP contribution in [0.25, 0.3) is 0 Å². The maximum absolute atomic E-state index is 5.95. The summed E-state index contributed by atoms with van der Waals surface area (Å²) >= 11 is 0.